The van der Waals surface area contributed by atoms with Gasteiger partial charge in [-0.25, -0.2) is 4.98 Å². The lowest BCUT2D eigenvalue weighted by Gasteiger charge is -2.07. The number of aliphatic hydroxyl groups is 1. The third-order valence-electron chi connectivity index (χ3n) is 2.73. The third-order valence-corrected chi connectivity index (χ3v) is 3.99. The molecule has 0 aliphatic heterocycles. The zero-order valence-corrected chi connectivity index (χ0v) is 9.89. The van der Waals surface area contributed by atoms with Crippen molar-refractivity contribution < 1.29 is 5.11 Å². The van der Waals surface area contributed by atoms with Crippen molar-refractivity contribution in [1.29, 1.82) is 0 Å². The molecule has 1 atom stereocenters. The second-order valence-electron chi connectivity index (χ2n) is 4.21. The Hall–Kier alpha value is -0.540. The van der Waals surface area contributed by atoms with Crippen molar-refractivity contribution in [2.45, 2.75) is 31.2 Å². The molecule has 2 nitrogen and oxygen atoms in total. The number of aromatic nitrogens is 1. The first-order chi connectivity index (χ1) is 7.29. The molecule has 0 saturated carbocycles. The Bertz CT molecular complexity index is 340. The lowest BCUT2D eigenvalue weighted by atomic mass is 10.2. The number of fused-ring (bicyclic) bond motifs is 1. The van der Waals surface area contributed by atoms with Gasteiger partial charge in [0.25, 0.3) is 0 Å². The molecule has 0 aromatic carbocycles. The summed E-state index contributed by atoms with van der Waals surface area (Å²) >= 11 is 1.75. The van der Waals surface area contributed by atoms with E-state index in [9.17, 15) is 0 Å². The molecule has 15 heavy (non-hydrogen) atoms. The molecule has 0 bridgehead atoms. The average Bonchev–Trinajstić information content (AvgIpc) is 2.72. The molecule has 1 unspecified atom stereocenters. The summed E-state index contributed by atoms with van der Waals surface area (Å²) in [5, 5.41) is 10.0. The van der Waals surface area contributed by atoms with E-state index >= 15 is 0 Å². The van der Waals surface area contributed by atoms with Gasteiger partial charge in [-0.3, -0.25) is 0 Å². The SMILES string of the molecule is CC(CO)CSc1ccc2c(n1)CCC2. The highest BCUT2D eigenvalue weighted by Gasteiger charge is 2.12. The van der Waals surface area contributed by atoms with Crippen LogP contribution in [0.2, 0.25) is 0 Å². The van der Waals surface area contributed by atoms with E-state index in [1.165, 1.54) is 24.1 Å². The van der Waals surface area contributed by atoms with Crippen molar-refractivity contribution in [3.05, 3.63) is 23.4 Å². The van der Waals surface area contributed by atoms with Crippen LogP contribution in [0.1, 0.15) is 24.6 Å². The summed E-state index contributed by atoms with van der Waals surface area (Å²) in [5.41, 5.74) is 2.71. The number of pyridine rings is 1. The van der Waals surface area contributed by atoms with E-state index in [0.717, 1.165) is 17.2 Å². The second kappa shape index (κ2) is 4.99. The van der Waals surface area contributed by atoms with Crippen LogP contribution in [-0.2, 0) is 12.8 Å². The van der Waals surface area contributed by atoms with Crippen molar-refractivity contribution in [3.63, 3.8) is 0 Å². The van der Waals surface area contributed by atoms with Crippen LogP contribution in [0.4, 0.5) is 0 Å². The maximum Gasteiger partial charge on any atom is 0.0963 e. The van der Waals surface area contributed by atoms with E-state index in [0.29, 0.717) is 5.92 Å². The fourth-order valence-electron chi connectivity index (χ4n) is 1.76. The molecule has 0 saturated heterocycles. The summed E-state index contributed by atoms with van der Waals surface area (Å²) in [7, 11) is 0. The highest BCUT2D eigenvalue weighted by molar-refractivity contribution is 7.99. The molecule has 1 aromatic rings. The number of nitrogens with zero attached hydrogens (tertiary/aromatic N) is 1. The van der Waals surface area contributed by atoms with Gasteiger partial charge in [0.1, 0.15) is 0 Å². The predicted octanol–water partition coefficient (Wildman–Crippen LogP) is 2.29. The zero-order valence-electron chi connectivity index (χ0n) is 9.07. The topological polar surface area (TPSA) is 33.1 Å². The molecule has 0 amide bonds. The molecule has 3 heteroatoms. The van der Waals surface area contributed by atoms with E-state index in [-0.39, 0.29) is 6.61 Å². The zero-order chi connectivity index (χ0) is 10.7. The number of aryl methyl sites for hydroxylation is 2. The van der Waals surface area contributed by atoms with Gasteiger partial charge in [0, 0.05) is 18.1 Å². The molecule has 1 aliphatic carbocycles. The van der Waals surface area contributed by atoms with Crippen LogP contribution >= 0.6 is 11.8 Å². The Morgan fingerprint density at radius 2 is 2.33 bits per heavy atom. The van der Waals surface area contributed by atoms with E-state index in [4.69, 9.17) is 5.11 Å². The van der Waals surface area contributed by atoms with E-state index in [2.05, 4.69) is 24.0 Å². The van der Waals surface area contributed by atoms with Crippen LogP contribution in [0.15, 0.2) is 17.2 Å². The minimum absolute atomic E-state index is 0.262. The largest absolute Gasteiger partial charge is 0.396 e. The number of hydrogen-bond donors (Lipinski definition) is 1. The molecular weight excluding hydrogens is 206 g/mol. The molecule has 0 radical (unpaired) electrons. The number of thioether (sulfide) groups is 1. The molecule has 2 rings (SSSR count). The van der Waals surface area contributed by atoms with Gasteiger partial charge in [0.05, 0.1) is 5.03 Å². The normalized spacial score (nSPS) is 16.4. The van der Waals surface area contributed by atoms with Crippen molar-refractivity contribution >= 4 is 11.8 Å². The van der Waals surface area contributed by atoms with Crippen molar-refractivity contribution in [3.8, 4) is 0 Å². The smallest absolute Gasteiger partial charge is 0.0963 e. The van der Waals surface area contributed by atoms with Crippen LogP contribution < -0.4 is 0 Å². The third kappa shape index (κ3) is 2.73. The van der Waals surface area contributed by atoms with Crippen LogP contribution in [-0.4, -0.2) is 22.5 Å². The Labute approximate surface area is 95.1 Å². The van der Waals surface area contributed by atoms with Gasteiger partial charge in [0.2, 0.25) is 0 Å². The quantitative estimate of drug-likeness (QED) is 0.795. The lowest BCUT2D eigenvalue weighted by Crippen LogP contribution is -2.03. The maximum atomic E-state index is 8.93. The van der Waals surface area contributed by atoms with Crippen LogP contribution in [0, 0.1) is 5.92 Å². The molecular formula is C12H17NOS. The van der Waals surface area contributed by atoms with E-state index in [1.54, 1.807) is 11.8 Å². The number of hydrogen-bond acceptors (Lipinski definition) is 3. The van der Waals surface area contributed by atoms with Crippen LogP contribution in [0.5, 0.6) is 0 Å². The Kier molecular flexibility index (Phi) is 3.65. The first-order valence-corrected chi connectivity index (χ1v) is 6.50. The van der Waals surface area contributed by atoms with Gasteiger partial charge in [-0.05, 0) is 36.8 Å². The first kappa shape index (κ1) is 11.0. The Morgan fingerprint density at radius 1 is 1.47 bits per heavy atom. The fraction of sp³-hybridized carbons (Fsp3) is 0.583. The van der Waals surface area contributed by atoms with Crippen molar-refractivity contribution in [2.24, 2.45) is 5.92 Å². The monoisotopic (exact) mass is 223 g/mol. The summed E-state index contributed by atoms with van der Waals surface area (Å²) in [6.07, 6.45) is 3.59. The van der Waals surface area contributed by atoms with Crippen LogP contribution in [0.25, 0.3) is 0 Å². The summed E-state index contributed by atoms with van der Waals surface area (Å²) in [4.78, 5) is 4.64. The number of rotatable bonds is 4. The van der Waals surface area contributed by atoms with Crippen molar-refractivity contribution in [1.82, 2.24) is 4.98 Å². The molecule has 0 fully saturated rings. The summed E-state index contributed by atoms with van der Waals surface area (Å²) in [6.45, 7) is 2.32. The lowest BCUT2D eigenvalue weighted by molar-refractivity contribution is 0.250. The maximum absolute atomic E-state index is 8.93. The summed E-state index contributed by atoms with van der Waals surface area (Å²) < 4.78 is 0. The van der Waals surface area contributed by atoms with Crippen molar-refractivity contribution in [2.75, 3.05) is 12.4 Å². The highest BCUT2D eigenvalue weighted by atomic mass is 32.2. The van der Waals surface area contributed by atoms with Gasteiger partial charge in [-0.15, -0.1) is 11.8 Å². The highest BCUT2D eigenvalue weighted by Crippen LogP contribution is 2.25. The molecule has 1 N–H and O–H groups in total. The predicted molar refractivity (Wildman–Crippen MR) is 63.2 cm³/mol. The molecule has 0 spiro atoms. The minimum Gasteiger partial charge on any atom is -0.396 e. The van der Waals surface area contributed by atoms with Gasteiger partial charge in [-0.1, -0.05) is 13.0 Å². The van der Waals surface area contributed by atoms with Crippen LogP contribution in [0.3, 0.4) is 0 Å². The van der Waals surface area contributed by atoms with Gasteiger partial charge in [-0.2, -0.15) is 0 Å². The number of aliphatic hydroxyl groups excluding tert-OH is 1. The standard InChI is InChI=1S/C12H17NOS/c1-9(7-14)8-15-12-6-5-10-3-2-4-11(10)13-12/h5-6,9,14H,2-4,7-8H2,1H3. The second-order valence-corrected chi connectivity index (χ2v) is 5.25. The fourth-order valence-corrected chi connectivity index (χ4v) is 2.66. The van der Waals surface area contributed by atoms with E-state index < -0.39 is 0 Å². The average molecular weight is 223 g/mol. The van der Waals surface area contributed by atoms with Gasteiger partial charge < -0.3 is 5.11 Å². The Morgan fingerprint density at radius 3 is 3.13 bits per heavy atom. The Balaban J connectivity index is 1.98. The molecule has 1 aromatic heterocycles. The minimum atomic E-state index is 0.262. The molecule has 1 heterocycles. The summed E-state index contributed by atoms with van der Waals surface area (Å²) in [6, 6.07) is 4.32. The summed E-state index contributed by atoms with van der Waals surface area (Å²) in [5.74, 6) is 1.30. The van der Waals surface area contributed by atoms with E-state index in [1.807, 2.05) is 0 Å². The molecule has 1 aliphatic rings. The first-order valence-electron chi connectivity index (χ1n) is 5.52. The van der Waals surface area contributed by atoms with Gasteiger partial charge >= 0.3 is 0 Å². The van der Waals surface area contributed by atoms with Gasteiger partial charge in [0.15, 0.2) is 0 Å². The molecule has 82 valence electrons.